The average molecular weight is 200 g/mol. The maximum absolute atomic E-state index is 11.0. The van der Waals surface area contributed by atoms with Gasteiger partial charge in [0.1, 0.15) is 6.10 Å². The Morgan fingerprint density at radius 1 is 1.50 bits per heavy atom. The number of esters is 1. The summed E-state index contributed by atoms with van der Waals surface area (Å²) in [6.07, 6.45) is 2.07. The summed E-state index contributed by atoms with van der Waals surface area (Å²) < 4.78 is 5.10. The lowest BCUT2D eigenvalue weighted by molar-refractivity contribution is -0.141. The third kappa shape index (κ3) is 1.64. The van der Waals surface area contributed by atoms with E-state index in [0.717, 1.165) is 6.42 Å². The third-order valence-corrected chi connectivity index (χ3v) is 3.38. The predicted molar refractivity (Wildman–Crippen MR) is 48.4 cm³/mol. The van der Waals surface area contributed by atoms with Crippen LogP contribution in [0.25, 0.3) is 0 Å². The first-order chi connectivity index (χ1) is 6.72. The number of ether oxygens (including phenoxy) is 1. The molecule has 0 radical (unpaired) electrons. The van der Waals surface area contributed by atoms with Gasteiger partial charge in [-0.2, -0.15) is 0 Å². The molecule has 0 bridgehead atoms. The fourth-order valence-electron chi connectivity index (χ4n) is 2.71. The van der Waals surface area contributed by atoms with Crippen molar-refractivity contribution >= 4 is 5.97 Å². The van der Waals surface area contributed by atoms with E-state index in [9.17, 15) is 9.90 Å². The van der Waals surface area contributed by atoms with Gasteiger partial charge in [-0.05, 0) is 18.8 Å². The molecular weight excluding hydrogens is 184 g/mol. The van der Waals surface area contributed by atoms with Crippen molar-refractivity contribution in [2.75, 3.05) is 6.61 Å². The van der Waals surface area contributed by atoms with Crippen LogP contribution in [0.3, 0.4) is 0 Å². The van der Waals surface area contributed by atoms with Crippen LogP contribution in [0.15, 0.2) is 0 Å². The van der Waals surface area contributed by atoms with E-state index in [1.807, 2.05) is 0 Å². The Bertz CT molecular complexity index is 228. The van der Waals surface area contributed by atoms with Crippen LogP contribution in [0.1, 0.15) is 25.7 Å². The smallest absolute Gasteiger partial charge is 0.306 e. The number of carbonyl (C=O) groups is 1. The van der Waals surface area contributed by atoms with Crippen molar-refractivity contribution in [3.8, 4) is 0 Å². The van der Waals surface area contributed by atoms with E-state index in [-0.39, 0.29) is 36.6 Å². The largest absolute Gasteiger partial charge is 0.462 e. The molecule has 0 aromatic heterocycles. The molecule has 0 unspecified atom stereocenters. The van der Waals surface area contributed by atoms with Gasteiger partial charge in [-0.15, -0.1) is 0 Å². The van der Waals surface area contributed by atoms with E-state index >= 15 is 0 Å². The second-order valence-corrected chi connectivity index (χ2v) is 4.23. The SMILES string of the molecule is O=C1C[C@@H]2[C@@H](CCCO)[C@H](O)C[C@@H]2O1. The molecule has 1 aliphatic heterocycles. The molecule has 2 fully saturated rings. The Morgan fingerprint density at radius 3 is 3.00 bits per heavy atom. The Morgan fingerprint density at radius 2 is 2.29 bits per heavy atom. The molecule has 0 amide bonds. The van der Waals surface area contributed by atoms with Crippen LogP contribution < -0.4 is 0 Å². The topological polar surface area (TPSA) is 66.8 Å². The Labute approximate surface area is 82.9 Å². The monoisotopic (exact) mass is 200 g/mol. The molecule has 4 atom stereocenters. The van der Waals surface area contributed by atoms with Crippen molar-refractivity contribution < 1.29 is 19.7 Å². The van der Waals surface area contributed by atoms with E-state index in [2.05, 4.69) is 0 Å². The first-order valence-corrected chi connectivity index (χ1v) is 5.20. The van der Waals surface area contributed by atoms with Crippen LogP contribution in [0.2, 0.25) is 0 Å². The first-order valence-electron chi connectivity index (χ1n) is 5.20. The van der Waals surface area contributed by atoms with Crippen molar-refractivity contribution in [1.82, 2.24) is 0 Å². The molecule has 1 heterocycles. The van der Waals surface area contributed by atoms with Crippen LogP contribution >= 0.6 is 0 Å². The lowest BCUT2D eigenvalue weighted by Gasteiger charge is -2.18. The van der Waals surface area contributed by atoms with Gasteiger partial charge < -0.3 is 14.9 Å². The highest BCUT2D eigenvalue weighted by atomic mass is 16.6. The van der Waals surface area contributed by atoms with Crippen LogP contribution in [0.4, 0.5) is 0 Å². The molecule has 0 aromatic rings. The zero-order valence-electron chi connectivity index (χ0n) is 8.06. The van der Waals surface area contributed by atoms with E-state index < -0.39 is 0 Å². The van der Waals surface area contributed by atoms with E-state index in [1.165, 1.54) is 0 Å². The molecule has 1 saturated heterocycles. The number of aliphatic hydroxyl groups excluding tert-OH is 2. The lowest BCUT2D eigenvalue weighted by atomic mass is 9.88. The molecule has 2 rings (SSSR count). The lowest BCUT2D eigenvalue weighted by Crippen LogP contribution is -2.20. The van der Waals surface area contributed by atoms with Crippen molar-refractivity contribution in [3.05, 3.63) is 0 Å². The van der Waals surface area contributed by atoms with Gasteiger partial charge in [0, 0.05) is 18.9 Å². The van der Waals surface area contributed by atoms with Gasteiger partial charge in [-0.25, -0.2) is 0 Å². The Balaban J connectivity index is 1.97. The highest BCUT2D eigenvalue weighted by Gasteiger charge is 2.48. The molecule has 1 aliphatic carbocycles. The zero-order chi connectivity index (χ0) is 10.1. The molecule has 4 nitrogen and oxygen atoms in total. The molecule has 4 heteroatoms. The first kappa shape index (κ1) is 9.93. The molecule has 0 spiro atoms. The predicted octanol–water partition coefficient (Wildman–Crippen LogP) is 0.0714. The van der Waals surface area contributed by atoms with E-state index in [0.29, 0.717) is 19.3 Å². The second-order valence-electron chi connectivity index (χ2n) is 4.23. The van der Waals surface area contributed by atoms with Crippen LogP contribution in [0.5, 0.6) is 0 Å². The minimum Gasteiger partial charge on any atom is -0.462 e. The Hall–Kier alpha value is -0.610. The number of hydrogen-bond donors (Lipinski definition) is 2. The van der Waals surface area contributed by atoms with Gasteiger partial charge in [0.2, 0.25) is 0 Å². The van der Waals surface area contributed by atoms with Gasteiger partial charge in [0.25, 0.3) is 0 Å². The van der Waals surface area contributed by atoms with Gasteiger partial charge >= 0.3 is 5.97 Å². The summed E-state index contributed by atoms with van der Waals surface area (Å²) >= 11 is 0. The summed E-state index contributed by atoms with van der Waals surface area (Å²) in [4.78, 5) is 11.0. The summed E-state index contributed by atoms with van der Waals surface area (Å²) in [6, 6.07) is 0. The molecule has 80 valence electrons. The summed E-state index contributed by atoms with van der Waals surface area (Å²) in [6.45, 7) is 0.148. The van der Waals surface area contributed by atoms with Gasteiger partial charge in [-0.3, -0.25) is 4.79 Å². The second kappa shape index (κ2) is 3.87. The third-order valence-electron chi connectivity index (χ3n) is 3.38. The molecular formula is C10H16O4. The molecule has 1 saturated carbocycles. The van der Waals surface area contributed by atoms with Gasteiger partial charge in [0.15, 0.2) is 0 Å². The quantitative estimate of drug-likeness (QED) is 0.633. The number of fused-ring (bicyclic) bond motifs is 1. The van der Waals surface area contributed by atoms with Crippen molar-refractivity contribution in [3.63, 3.8) is 0 Å². The fraction of sp³-hybridized carbons (Fsp3) is 0.900. The number of carbonyl (C=O) groups excluding carboxylic acids is 1. The minimum absolute atomic E-state index is 0.0683. The highest BCUT2D eigenvalue weighted by Crippen LogP contribution is 2.43. The van der Waals surface area contributed by atoms with E-state index in [1.54, 1.807) is 0 Å². The molecule has 0 aromatic carbocycles. The number of hydrogen-bond acceptors (Lipinski definition) is 4. The fourth-order valence-corrected chi connectivity index (χ4v) is 2.71. The summed E-state index contributed by atoms with van der Waals surface area (Å²) in [5.74, 6) is 0.184. The number of rotatable bonds is 3. The van der Waals surface area contributed by atoms with Crippen LogP contribution in [0, 0.1) is 11.8 Å². The summed E-state index contributed by atoms with van der Waals surface area (Å²) in [5, 5.41) is 18.5. The highest BCUT2D eigenvalue weighted by molar-refractivity contribution is 5.72. The van der Waals surface area contributed by atoms with E-state index in [4.69, 9.17) is 9.84 Å². The maximum atomic E-state index is 11.0. The summed E-state index contributed by atoms with van der Waals surface area (Å²) in [7, 11) is 0. The van der Waals surface area contributed by atoms with Crippen LogP contribution in [-0.4, -0.2) is 35.0 Å². The normalized spacial score (nSPS) is 41.1. The van der Waals surface area contributed by atoms with Crippen molar-refractivity contribution in [2.45, 2.75) is 37.9 Å². The average Bonchev–Trinajstić information content (AvgIpc) is 2.58. The Kier molecular flexibility index (Phi) is 2.74. The van der Waals surface area contributed by atoms with Gasteiger partial charge in [-0.1, -0.05) is 0 Å². The molecule has 2 aliphatic rings. The number of aliphatic hydroxyl groups is 2. The maximum Gasteiger partial charge on any atom is 0.306 e. The van der Waals surface area contributed by atoms with Crippen molar-refractivity contribution in [1.29, 1.82) is 0 Å². The molecule has 14 heavy (non-hydrogen) atoms. The minimum atomic E-state index is -0.357. The zero-order valence-corrected chi connectivity index (χ0v) is 8.06. The van der Waals surface area contributed by atoms with Gasteiger partial charge in [0.05, 0.1) is 12.5 Å². The summed E-state index contributed by atoms with van der Waals surface area (Å²) in [5.41, 5.74) is 0. The molecule has 2 N–H and O–H groups in total. The van der Waals surface area contributed by atoms with Crippen molar-refractivity contribution in [2.24, 2.45) is 11.8 Å². The standard InChI is InChI=1S/C10H16O4/c11-3-1-2-6-7-4-10(13)14-9(7)5-8(6)12/h6-9,11-12H,1-5H2/t6-,7-,8-,9+/m1/s1. The van der Waals surface area contributed by atoms with Crippen LogP contribution in [-0.2, 0) is 9.53 Å².